The zero-order valence-electron chi connectivity index (χ0n) is 11.0. The van der Waals surface area contributed by atoms with Gasteiger partial charge >= 0.3 is 11.9 Å². The fourth-order valence-electron chi connectivity index (χ4n) is 1.78. The molecular weight excluding hydrogens is 279 g/mol. The third-order valence-corrected chi connectivity index (χ3v) is 2.85. The van der Waals surface area contributed by atoms with Crippen molar-refractivity contribution in [2.75, 3.05) is 12.8 Å². The molecule has 21 heavy (non-hydrogen) atoms. The van der Waals surface area contributed by atoms with Crippen molar-refractivity contribution in [3.8, 4) is 11.1 Å². The van der Waals surface area contributed by atoms with Crippen LogP contribution in [-0.4, -0.2) is 29.1 Å². The molecule has 2 aromatic rings. The van der Waals surface area contributed by atoms with E-state index in [4.69, 9.17) is 10.8 Å². The first-order chi connectivity index (χ1) is 9.93. The Morgan fingerprint density at radius 1 is 1.24 bits per heavy atom. The minimum Gasteiger partial charge on any atom is -0.478 e. The Morgan fingerprint density at radius 2 is 1.90 bits per heavy atom. The number of ether oxygens (including phenoxy) is 1. The van der Waals surface area contributed by atoms with Gasteiger partial charge in [0.05, 0.1) is 12.7 Å². The molecule has 0 bridgehead atoms. The summed E-state index contributed by atoms with van der Waals surface area (Å²) in [4.78, 5) is 26.3. The van der Waals surface area contributed by atoms with Gasteiger partial charge in [0.1, 0.15) is 17.2 Å². The molecule has 0 radical (unpaired) electrons. The molecule has 0 amide bonds. The molecule has 108 valence electrons. The summed E-state index contributed by atoms with van der Waals surface area (Å²) in [6.45, 7) is 0. The molecule has 0 saturated heterocycles. The summed E-state index contributed by atoms with van der Waals surface area (Å²) in [5, 5.41) is 9.01. The molecule has 0 aliphatic heterocycles. The van der Waals surface area contributed by atoms with Gasteiger partial charge in [0.15, 0.2) is 0 Å². The largest absolute Gasteiger partial charge is 0.478 e. The molecule has 0 unspecified atom stereocenters. The summed E-state index contributed by atoms with van der Waals surface area (Å²) in [7, 11) is 1.14. The number of hydrogen-bond donors (Lipinski definition) is 2. The first-order valence-corrected chi connectivity index (χ1v) is 5.81. The first-order valence-electron chi connectivity index (χ1n) is 5.81. The van der Waals surface area contributed by atoms with E-state index in [0.29, 0.717) is 11.1 Å². The maximum atomic E-state index is 13.6. The van der Waals surface area contributed by atoms with E-state index in [1.54, 1.807) is 0 Å². The van der Waals surface area contributed by atoms with Crippen molar-refractivity contribution in [3.63, 3.8) is 0 Å². The number of carbonyl (C=O) groups is 2. The molecule has 0 saturated carbocycles. The molecule has 1 heterocycles. The van der Waals surface area contributed by atoms with Gasteiger partial charge in [-0.1, -0.05) is 6.07 Å². The lowest BCUT2D eigenvalue weighted by molar-refractivity contribution is 0.0594. The average Bonchev–Trinajstić information content (AvgIpc) is 2.47. The monoisotopic (exact) mass is 290 g/mol. The van der Waals surface area contributed by atoms with Crippen molar-refractivity contribution in [1.29, 1.82) is 0 Å². The SMILES string of the molecule is COC(=O)c1cc(-c2cnc(N)c(C(=O)O)c2)ccc1F. The van der Waals surface area contributed by atoms with Crippen LogP contribution in [0.3, 0.4) is 0 Å². The smallest absolute Gasteiger partial charge is 0.340 e. The van der Waals surface area contributed by atoms with Gasteiger partial charge in [-0.05, 0) is 23.8 Å². The number of hydrogen-bond acceptors (Lipinski definition) is 5. The number of nitrogens with two attached hydrogens (primary N) is 1. The lowest BCUT2D eigenvalue weighted by Crippen LogP contribution is -2.06. The molecule has 0 aliphatic rings. The Hall–Kier alpha value is -2.96. The number of methoxy groups -OCH3 is 1. The van der Waals surface area contributed by atoms with Crippen LogP contribution in [0.15, 0.2) is 30.5 Å². The molecule has 2 rings (SSSR count). The number of nitrogens with zero attached hydrogens (tertiary/aromatic N) is 1. The summed E-state index contributed by atoms with van der Waals surface area (Å²) in [6.07, 6.45) is 1.34. The van der Waals surface area contributed by atoms with E-state index in [9.17, 15) is 14.0 Å². The van der Waals surface area contributed by atoms with Crippen molar-refractivity contribution in [2.45, 2.75) is 0 Å². The zero-order valence-corrected chi connectivity index (χ0v) is 11.0. The summed E-state index contributed by atoms with van der Waals surface area (Å²) in [6, 6.07) is 5.07. The molecule has 7 heteroatoms. The van der Waals surface area contributed by atoms with Gasteiger partial charge in [0.25, 0.3) is 0 Å². The highest BCUT2D eigenvalue weighted by atomic mass is 19.1. The number of carboxylic acid groups (broad SMARTS) is 1. The summed E-state index contributed by atoms with van der Waals surface area (Å²) in [5.74, 6) is -2.90. The van der Waals surface area contributed by atoms with Crippen molar-refractivity contribution in [1.82, 2.24) is 4.98 Å². The molecule has 0 aliphatic carbocycles. The second-order valence-corrected chi connectivity index (χ2v) is 4.15. The van der Waals surface area contributed by atoms with E-state index < -0.39 is 17.8 Å². The number of anilines is 1. The van der Waals surface area contributed by atoms with E-state index in [0.717, 1.165) is 13.2 Å². The van der Waals surface area contributed by atoms with Crippen LogP contribution in [0.2, 0.25) is 0 Å². The van der Waals surface area contributed by atoms with Crippen LogP contribution in [0.25, 0.3) is 11.1 Å². The van der Waals surface area contributed by atoms with E-state index in [1.165, 1.54) is 24.4 Å². The van der Waals surface area contributed by atoms with Crippen molar-refractivity contribution < 1.29 is 23.8 Å². The van der Waals surface area contributed by atoms with Crippen LogP contribution in [0, 0.1) is 5.82 Å². The maximum absolute atomic E-state index is 13.6. The van der Waals surface area contributed by atoms with E-state index in [1.807, 2.05) is 0 Å². The number of pyridine rings is 1. The lowest BCUT2D eigenvalue weighted by atomic mass is 10.0. The normalized spacial score (nSPS) is 10.2. The molecule has 1 aromatic carbocycles. The first kappa shape index (κ1) is 14.4. The molecule has 0 fully saturated rings. The van der Waals surface area contributed by atoms with Crippen molar-refractivity contribution in [3.05, 3.63) is 47.4 Å². The quantitative estimate of drug-likeness (QED) is 0.838. The number of carbonyl (C=O) groups excluding carboxylic acids is 1. The summed E-state index contributed by atoms with van der Waals surface area (Å²) >= 11 is 0. The maximum Gasteiger partial charge on any atom is 0.340 e. The fraction of sp³-hybridized carbons (Fsp3) is 0.0714. The predicted molar refractivity (Wildman–Crippen MR) is 72.3 cm³/mol. The van der Waals surface area contributed by atoms with E-state index in [-0.39, 0.29) is 16.9 Å². The van der Waals surface area contributed by atoms with Crippen molar-refractivity contribution in [2.24, 2.45) is 0 Å². The molecule has 1 aromatic heterocycles. The lowest BCUT2D eigenvalue weighted by Gasteiger charge is -2.07. The third kappa shape index (κ3) is 2.81. The molecule has 0 spiro atoms. The second kappa shape index (κ2) is 5.58. The number of esters is 1. The fourth-order valence-corrected chi connectivity index (χ4v) is 1.78. The molecule has 0 atom stereocenters. The number of aromatic nitrogens is 1. The van der Waals surface area contributed by atoms with Crippen LogP contribution in [0.4, 0.5) is 10.2 Å². The number of aromatic carboxylic acids is 1. The Labute approximate surface area is 119 Å². The number of carboxylic acids is 1. The Morgan fingerprint density at radius 3 is 2.52 bits per heavy atom. The Kier molecular flexibility index (Phi) is 3.84. The van der Waals surface area contributed by atoms with Gasteiger partial charge in [-0.15, -0.1) is 0 Å². The molecule has 3 N–H and O–H groups in total. The van der Waals surface area contributed by atoms with Crippen LogP contribution in [0.1, 0.15) is 20.7 Å². The predicted octanol–water partition coefficient (Wildman–Crippen LogP) is 1.95. The topological polar surface area (TPSA) is 103 Å². The summed E-state index contributed by atoms with van der Waals surface area (Å²) < 4.78 is 18.0. The van der Waals surface area contributed by atoms with Gasteiger partial charge in [-0.2, -0.15) is 0 Å². The van der Waals surface area contributed by atoms with Gasteiger partial charge in [-0.3, -0.25) is 0 Å². The van der Waals surface area contributed by atoms with Gasteiger partial charge in [-0.25, -0.2) is 19.0 Å². The summed E-state index contributed by atoms with van der Waals surface area (Å²) in [5.41, 5.74) is 5.87. The second-order valence-electron chi connectivity index (χ2n) is 4.15. The molecule has 6 nitrogen and oxygen atoms in total. The highest BCUT2D eigenvalue weighted by Gasteiger charge is 2.15. The van der Waals surface area contributed by atoms with Crippen LogP contribution in [-0.2, 0) is 4.74 Å². The van der Waals surface area contributed by atoms with Crippen LogP contribution in [0.5, 0.6) is 0 Å². The van der Waals surface area contributed by atoms with Gasteiger partial charge < -0.3 is 15.6 Å². The van der Waals surface area contributed by atoms with E-state index in [2.05, 4.69) is 9.72 Å². The molecular formula is C14H11FN2O4. The highest BCUT2D eigenvalue weighted by molar-refractivity contribution is 5.95. The number of halogens is 1. The Balaban J connectivity index is 2.55. The Bertz CT molecular complexity index is 731. The van der Waals surface area contributed by atoms with Gasteiger partial charge in [0, 0.05) is 11.8 Å². The standard InChI is InChI=1S/C14H11FN2O4/c1-21-14(20)9-4-7(2-3-11(9)15)8-5-10(13(18)19)12(16)17-6-8/h2-6H,1H3,(H2,16,17)(H,18,19). The van der Waals surface area contributed by atoms with Crippen molar-refractivity contribution >= 4 is 17.8 Å². The number of nitrogen functional groups attached to an aromatic ring is 1. The van der Waals surface area contributed by atoms with E-state index >= 15 is 0 Å². The van der Waals surface area contributed by atoms with Crippen LogP contribution >= 0.6 is 0 Å². The minimum absolute atomic E-state index is 0.124. The zero-order chi connectivity index (χ0) is 15.6. The van der Waals surface area contributed by atoms with Gasteiger partial charge in [0.2, 0.25) is 0 Å². The highest BCUT2D eigenvalue weighted by Crippen LogP contribution is 2.24. The number of benzene rings is 1. The number of rotatable bonds is 3. The van der Waals surface area contributed by atoms with Crippen LogP contribution < -0.4 is 5.73 Å². The minimum atomic E-state index is -1.22. The average molecular weight is 290 g/mol. The third-order valence-electron chi connectivity index (χ3n) is 2.85.